The van der Waals surface area contributed by atoms with Crippen molar-refractivity contribution in [3.05, 3.63) is 17.0 Å². The normalized spacial score (nSPS) is 25.1. The highest BCUT2D eigenvalue weighted by molar-refractivity contribution is 7.92. The third-order valence-corrected chi connectivity index (χ3v) is 9.54. The molecule has 180 valence electrons. The summed E-state index contributed by atoms with van der Waals surface area (Å²) in [6, 6.07) is 2.84. The van der Waals surface area contributed by atoms with Gasteiger partial charge in [-0.1, -0.05) is 6.42 Å². The smallest absolute Gasteiger partial charge is 0.273 e. The number of amides is 2. The van der Waals surface area contributed by atoms with Crippen molar-refractivity contribution in [1.82, 2.24) is 10.0 Å². The van der Waals surface area contributed by atoms with E-state index in [0.29, 0.717) is 24.4 Å². The van der Waals surface area contributed by atoms with Crippen LogP contribution < -0.4 is 10.0 Å². The van der Waals surface area contributed by atoms with Gasteiger partial charge >= 0.3 is 0 Å². The maximum Gasteiger partial charge on any atom is 0.273 e. The van der Waals surface area contributed by atoms with Crippen LogP contribution in [0.1, 0.15) is 75.4 Å². The number of fused-ring (bicyclic) bond motifs is 2. The SMILES string of the molecule is COC(C)(C)CCCCC(=O)NS(=O)(=O)c1ccc(C(=O)NCC23CCC(C)(C2)OC3)s1. The zero-order valence-electron chi connectivity index (χ0n) is 19.3. The largest absolute Gasteiger partial charge is 0.379 e. The van der Waals surface area contributed by atoms with E-state index in [1.165, 1.54) is 12.1 Å². The maximum atomic E-state index is 12.6. The molecule has 32 heavy (non-hydrogen) atoms. The lowest BCUT2D eigenvalue weighted by Crippen LogP contribution is -2.37. The lowest BCUT2D eigenvalue weighted by Gasteiger charge is -2.26. The Hall–Kier alpha value is -1.49. The van der Waals surface area contributed by atoms with Gasteiger partial charge in [0.1, 0.15) is 4.21 Å². The molecular weight excluding hydrogens is 452 g/mol. The van der Waals surface area contributed by atoms with E-state index in [9.17, 15) is 18.0 Å². The molecule has 2 aliphatic rings. The lowest BCUT2D eigenvalue weighted by atomic mass is 9.87. The number of methoxy groups -OCH3 is 1. The summed E-state index contributed by atoms with van der Waals surface area (Å²) in [4.78, 5) is 25.0. The second-order valence-electron chi connectivity index (χ2n) is 9.92. The summed E-state index contributed by atoms with van der Waals surface area (Å²) in [5.74, 6) is -0.859. The predicted molar refractivity (Wildman–Crippen MR) is 122 cm³/mol. The number of ether oxygens (including phenoxy) is 2. The number of hydrogen-bond acceptors (Lipinski definition) is 7. The number of nitrogens with one attached hydrogen (secondary N) is 2. The first-order chi connectivity index (χ1) is 14.9. The molecule has 3 rings (SSSR count). The van der Waals surface area contributed by atoms with Crippen molar-refractivity contribution < 1.29 is 27.5 Å². The first kappa shape index (κ1) is 25.1. The molecule has 2 unspecified atom stereocenters. The van der Waals surface area contributed by atoms with E-state index in [1.807, 2.05) is 13.8 Å². The van der Waals surface area contributed by atoms with Crippen molar-refractivity contribution in [3.8, 4) is 0 Å². The summed E-state index contributed by atoms with van der Waals surface area (Å²) in [6.07, 6.45) is 5.15. The Balaban J connectivity index is 1.48. The second-order valence-corrected chi connectivity index (χ2v) is 12.9. The zero-order chi connectivity index (χ0) is 23.6. The van der Waals surface area contributed by atoms with Crippen LogP contribution in [0.15, 0.2) is 16.3 Å². The Bertz CT molecular complexity index is 945. The van der Waals surface area contributed by atoms with E-state index in [1.54, 1.807) is 7.11 Å². The van der Waals surface area contributed by atoms with Crippen molar-refractivity contribution in [3.63, 3.8) is 0 Å². The number of hydrogen-bond donors (Lipinski definition) is 2. The fourth-order valence-corrected chi connectivity index (χ4v) is 6.64. The summed E-state index contributed by atoms with van der Waals surface area (Å²) >= 11 is 0.861. The average Bonchev–Trinajstić information content (AvgIpc) is 3.43. The maximum absolute atomic E-state index is 12.6. The standard InChI is InChI=1S/C22H34N2O6S2/c1-20(2,29-4)10-6-5-7-17(25)24-32(27,28)18-9-8-16(31-18)19(26)23-14-22-12-11-21(3,13-22)30-15-22/h8-9H,5-7,10-15H2,1-4H3,(H,23,26)(H,24,25). The molecule has 2 heterocycles. The molecule has 1 saturated heterocycles. The molecule has 1 aromatic heterocycles. The number of unbranched alkanes of at least 4 members (excludes halogenated alkanes) is 1. The lowest BCUT2D eigenvalue weighted by molar-refractivity contribution is -0.119. The number of rotatable bonds is 11. The highest BCUT2D eigenvalue weighted by Crippen LogP contribution is 2.52. The molecule has 0 aromatic carbocycles. The molecule has 2 N–H and O–H groups in total. The highest BCUT2D eigenvalue weighted by Gasteiger charge is 2.53. The Kier molecular flexibility index (Phi) is 7.39. The fourth-order valence-electron chi connectivity index (χ4n) is 4.41. The number of carbonyl (C=O) groups excluding carboxylic acids is 2. The van der Waals surface area contributed by atoms with Crippen LogP contribution in [0.4, 0.5) is 0 Å². The first-order valence-corrected chi connectivity index (χ1v) is 13.3. The minimum Gasteiger partial charge on any atom is -0.379 e. The van der Waals surface area contributed by atoms with E-state index in [2.05, 4.69) is 17.0 Å². The average molecular weight is 487 g/mol. The Labute approximate surface area is 194 Å². The molecule has 1 saturated carbocycles. The Morgan fingerprint density at radius 1 is 1.25 bits per heavy atom. The van der Waals surface area contributed by atoms with Gasteiger partial charge in [-0.3, -0.25) is 9.59 Å². The molecule has 0 radical (unpaired) electrons. The van der Waals surface area contributed by atoms with Gasteiger partial charge in [0.2, 0.25) is 5.91 Å². The molecule has 2 fully saturated rings. The van der Waals surface area contributed by atoms with Crippen LogP contribution in [-0.2, 0) is 24.3 Å². The van der Waals surface area contributed by atoms with E-state index >= 15 is 0 Å². The molecule has 1 aliphatic carbocycles. The number of sulfonamides is 1. The highest BCUT2D eigenvalue weighted by atomic mass is 32.2. The van der Waals surface area contributed by atoms with E-state index in [4.69, 9.17) is 9.47 Å². The van der Waals surface area contributed by atoms with Gasteiger partial charge in [0.25, 0.3) is 15.9 Å². The van der Waals surface area contributed by atoms with Crippen LogP contribution in [0.25, 0.3) is 0 Å². The third-order valence-electron chi connectivity index (χ3n) is 6.59. The summed E-state index contributed by atoms with van der Waals surface area (Å²) in [6.45, 7) is 7.19. The minimum atomic E-state index is -4.00. The van der Waals surface area contributed by atoms with Gasteiger partial charge in [0, 0.05) is 25.5 Å². The topological polar surface area (TPSA) is 111 Å². The van der Waals surface area contributed by atoms with Crippen molar-refractivity contribution >= 4 is 33.2 Å². The summed E-state index contributed by atoms with van der Waals surface area (Å²) in [7, 11) is -2.36. The van der Waals surface area contributed by atoms with Gasteiger partial charge in [-0.05, 0) is 65.0 Å². The number of thiophene rings is 1. The van der Waals surface area contributed by atoms with Crippen LogP contribution in [0, 0.1) is 5.41 Å². The molecule has 8 nitrogen and oxygen atoms in total. The van der Waals surface area contributed by atoms with E-state index in [0.717, 1.165) is 43.4 Å². The predicted octanol–water partition coefficient (Wildman–Crippen LogP) is 3.23. The van der Waals surface area contributed by atoms with Crippen molar-refractivity contribution in [2.45, 2.75) is 81.1 Å². The monoisotopic (exact) mass is 486 g/mol. The molecule has 1 aliphatic heterocycles. The zero-order valence-corrected chi connectivity index (χ0v) is 20.9. The molecular formula is C22H34N2O6S2. The molecule has 2 bridgehead atoms. The molecule has 0 spiro atoms. The quantitative estimate of drug-likeness (QED) is 0.465. The van der Waals surface area contributed by atoms with Crippen molar-refractivity contribution in [2.24, 2.45) is 5.41 Å². The first-order valence-electron chi connectivity index (χ1n) is 11.0. The van der Waals surface area contributed by atoms with Crippen LogP contribution in [0.3, 0.4) is 0 Å². The van der Waals surface area contributed by atoms with Gasteiger partial charge in [0.05, 0.1) is 22.7 Å². The fraction of sp³-hybridized carbons (Fsp3) is 0.727. The van der Waals surface area contributed by atoms with E-state index in [-0.39, 0.29) is 33.2 Å². The summed E-state index contributed by atoms with van der Waals surface area (Å²) in [5.41, 5.74) is -0.367. The van der Waals surface area contributed by atoms with Crippen LogP contribution >= 0.6 is 11.3 Å². The Morgan fingerprint density at radius 3 is 2.59 bits per heavy atom. The molecule has 10 heteroatoms. The number of carbonyl (C=O) groups is 2. The summed E-state index contributed by atoms with van der Waals surface area (Å²) < 4.78 is 38.3. The molecule has 2 atom stereocenters. The van der Waals surface area contributed by atoms with Crippen LogP contribution in [-0.4, -0.2) is 51.7 Å². The minimum absolute atomic E-state index is 0.0248. The molecule has 1 aromatic rings. The second kappa shape index (κ2) is 9.40. The third kappa shape index (κ3) is 6.09. The van der Waals surface area contributed by atoms with Gasteiger partial charge in [-0.15, -0.1) is 11.3 Å². The van der Waals surface area contributed by atoms with Crippen molar-refractivity contribution in [1.29, 1.82) is 0 Å². The van der Waals surface area contributed by atoms with Gasteiger partial charge in [-0.25, -0.2) is 13.1 Å². The van der Waals surface area contributed by atoms with E-state index < -0.39 is 15.9 Å². The Morgan fingerprint density at radius 2 is 2.00 bits per heavy atom. The van der Waals surface area contributed by atoms with Crippen molar-refractivity contribution in [2.75, 3.05) is 20.3 Å². The van der Waals surface area contributed by atoms with Gasteiger partial charge in [-0.2, -0.15) is 0 Å². The summed E-state index contributed by atoms with van der Waals surface area (Å²) in [5, 5.41) is 2.93. The molecule has 2 amide bonds. The van der Waals surface area contributed by atoms with Gasteiger partial charge in [0.15, 0.2) is 0 Å². The van der Waals surface area contributed by atoms with Gasteiger partial charge < -0.3 is 14.8 Å². The van der Waals surface area contributed by atoms with Crippen LogP contribution in [0.5, 0.6) is 0 Å². The van der Waals surface area contributed by atoms with Crippen LogP contribution in [0.2, 0.25) is 0 Å².